The van der Waals surface area contributed by atoms with Crippen LogP contribution < -0.4 is 15.2 Å². The Balaban J connectivity index is 1.86. The van der Waals surface area contributed by atoms with E-state index in [1.54, 1.807) is 6.92 Å². The normalized spacial score (nSPS) is 21.3. The molecular weight excluding hydrogens is 569 g/mol. The second-order valence-electron chi connectivity index (χ2n) is 8.12. The molecule has 3 aromatic rings. The molecule has 0 bridgehead atoms. The van der Waals surface area contributed by atoms with Gasteiger partial charge in [0.2, 0.25) is 15.9 Å². The Morgan fingerprint density at radius 2 is 2.14 bits per heavy atom. The summed E-state index contributed by atoms with van der Waals surface area (Å²) >= 11 is 9.56. The number of hydrogen-bond acceptors (Lipinski definition) is 7. The molecule has 13 heteroatoms. The van der Waals surface area contributed by atoms with Crippen LogP contribution in [0.5, 0.6) is 5.75 Å². The van der Waals surface area contributed by atoms with E-state index in [1.165, 1.54) is 19.1 Å². The van der Waals surface area contributed by atoms with Crippen LogP contribution in [-0.2, 0) is 15.6 Å². The van der Waals surface area contributed by atoms with E-state index in [1.807, 2.05) is 0 Å². The Morgan fingerprint density at radius 3 is 2.80 bits per heavy atom. The van der Waals surface area contributed by atoms with Crippen LogP contribution in [0.1, 0.15) is 58.8 Å². The first-order valence-corrected chi connectivity index (χ1v) is 12.9. The fourth-order valence-corrected chi connectivity index (χ4v) is 6.14. The highest BCUT2D eigenvalue weighted by Gasteiger charge is 2.39. The topological polar surface area (TPSA) is 135 Å². The van der Waals surface area contributed by atoms with Crippen LogP contribution >= 0.6 is 27.5 Å². The van der Waals surface area contributed by atoms with Gasteiger partial charge >= 0.3 is 5.76 Å². The highest BCUT2D eigenvalue weighted by atomic mass is 79.9. The van der Waals surface area contributed by atoms with Crippen molar-refractivity contribution in [3.63, 3.8) is 0 Å². The number of rotatable bonds is 6. The second kappa shape index (κ2) is 9.32. The van der Waals surface area contributed by atoms with Crippen LogP contribution in [0.2, 0.25) is 5.02 Å². The van der Waals surface area contributed by atoms with Crippen molar-refractivity contribution in [2.75, 3.05) is 6.61 Å². The molecule has 2 aromatic carbocycles. The third-order valence-corrected chi connectivity index (χ3v) is 8.48. The van der Waals surface area contributed by atoms with Gasteiger partial charge in [0.1, 0.15) is 22.5 Å². The van der Waals surface area contributed by atoms with Crippen LogP contribution in [0.25, 0.3) is 0 Å². The summed E-state index contributed by atoms with van der Waals surface area (Å²) in [7, 11) is -4.62. The van der Waals surface area contributed by atoms with Crippen molar-refractivity contribution < 1.29 is 31.2 Å². The van der Waals surface area contributed by atoms with E-state index >= 15 is 0 Å². The number of aliphatic hydroxyl groups is 1. The summed E-state index contributed by atoms with van der Waals surface area (Å²) in [6, 6.07) is 3.51. The molecule has 3 atom stereocenters. The predicted molar refractivity (Wildman–Crippen MR) is 129 cm³/mol. The van der Waals surface area contributed by atoms with E-state index in [4.69, 9.17) is 24.9 Å². The standard InChI is InChI=1S/C22H22BrClFN3O6S/c1-10-12(23)4-6-14(25)16(10)11(2)18(20-26-27-21(29)34-20)28-35(31,32)15-7-5-13(24)17-19(15)33-9-8-22(17,3)30/h4-7,11,18,28,30H,8-9H2,1-3H3,(H,27,29)/i3D3. The number of nitrogens with zero attached hydrogens (tertiary/aromatic N) is 1. The Kier molecular flexibility index (Phi) is 5.86. The summed E-state index contributed by atoms with van der Waals surface area (Å²) in [5, 5.41) is 16.7. The number of hydrogen-bond donors (Lipinski definition) is 3. The van der Waals surface area contributed by atoms with Crippen molar-refractivity contribution in [2.45, 2.75) is 49.6 Å². The summed E-state index contributed by atoms with van der Waals surface area (Å²) < 4.78 is 79.4. The largest absolute Gasteiger partial charge is 0.492 e. The highest BCUT2D eigenvalue weighted by molar-refractivity contribution is 9.10. The first-order valence-electron chi connectivity index (χ1n) is 11.8. The number of benzene rings is 2. The zero-order valence-corrected chi connectivity index (χ0v) is 21.5. The minimum Gasteiger partial charge on any atom is -0.492 e. The van der Waals surface area contributed by atoms with Crippen LogP contribution in [-0.4, -0.2) is 30.3 Å². The average Bonchev–Trinajstić information content (AvgIpc) is 3.25. The summed E-state index contributed by atoms with van der Waals surface area (Å²) in [4.78, 5) is 11.2. The van der Waals surface area contributed by atoms with Crippen LogP contribution in [0.3, 0.4) is 0 Å². The Morgan fingerprint density at radius 1 is 1.40 bits per heavy atom. The molecule has 188 valence electrons. The fourth-order valence-electron chi connectivity index (χ4n) is 4.07. The molecule has 0 radical (unpaired) electrons. The van der Waals surface area contributed by atoms with Gasteiger partial charge in [-0.2, -0.15) is 4.72 Å². The van der Waals surface area contributed by atoms with Crippen molar-refractivity contribution in [1.29, 1.82) is 0 Å². The molecule has 4 rings (SSSR count). The predicted octanol–water partition coefficient (Wildman–Crippen LogP) is 4.04. The maximum Gasteiger partial charge on any atom is 0.434 e. The lowest BCUT2D eigenvalue weighted by atomic mass is 9.90. The van der Waals surface area contributed by atoms with Crippen molar-refractivity contribution in [3.8, 4) is 5.75 Å². The number of H-pyrrole nitrogens is 1. The van der Waals surface area contributed by atoms with Gasteiger partial charge in [-0.15, -0.1) is 5.10 Å². The third-order valence-electron chi connectivity index (χ3n) is 5.84. The molecule has 9 nitrogen and oxygen atoms in total. The van der Waals surface area contributed by atoms with E-state index < -0.39 is 62.2 Å². The number of ether oxygens (including phenoxy) is 1. The van der Waals surface area contributed by atoms with Crippen molar-refractivity contribution in [1.82, 2.24) is 14.9 Å². The van der Waals surface area contributed by atoms with Gasteiger partial charge in [-0.05, 0) is 49.2 Å². The SMILES string of the molecule is [2H]C([2H])([2H])C1(O)CCOc2c(S(=O)(=O)NC(c3n[nH]c(=O)o3)C(C)c3c(F)ccc(Br)c3C)ccc(Cl)c21. The highest BCUT2D eigenvalue weighted by Crippen LogP contribution is 2.45. The average molecular weight is 594 g/mol. The first kappa shape index (κ1) is 22.0. The van der Waals surface area contributed by atoms with Crippen LogP contribution in [0, 0.1) is 12.7 Å². The quantitative estimate of drug-likeness (QED) is 0.393. The third kappa shape index (κ3) is 4.77. The van der Waals surface area contributed by atoms with Crippen LogP contribution in [0.15, 0.2) is 42.8 Å². The molecule has 2 heterocycles. The van der Waals surface area contributed by atoms with E-state index in [0.717, 1.165) is 12.1 Å². The molecule has 0 saturated heterocycles. The smallest absolute Gasteiger partial charge is 0.434 e. The Hall–Kier alpha value is -2.25. The van der Waals surface area contributed by atoms with E-state index in [-0.39, 0.29) is 29.5 Å². The van der Waals surface area contributed by atoms with E-state index in [9.17, 15) is 22.7 Å². The molecule has 1 aliphatic heterocycles. The van der Waals surface area contributed by atoms with Gasteiger partial charge in [0.25, 0.3) is 0 Å². The van der Waals surface area contributed by atoms with Crippen molar-refractivity contribution in [2.24, 2.45) is 0 Å². The summed E-state index contributed by atoms with van der Waals surface area (Å²) in [6.07, 6.45) is -0.354. The number of aromatic amines is 1. The number of aromatic nitrogens is 2. The Bertz CT molecular complexity index is 1560. The van der Waals surface area contributed by atoms with E-state index in [0.29, 0.717) is 10.0 Å². The number of fused-ring (bicyclic) bond motifs is 1. The second-order valence-corrected chi connectivity index (χ2v) is 11.1. The zero-order valence-electron chi connectivity index (χ0n) is 21.4. The van der Waals surface area contributed by atoms with Gasteiger partial charge in [0.05, 0.1) is 17.2 Å². The fraction of sp³-hybridized carbons (Fsp3) is 0.364. The maximum absolute atomic E-state index is 15.0. The molecule has 0 amide bonds. The minimum absolute atomic E-state index is 0.129. The number of nitrogens with one attached hydrogen (secondary N) is 2. The Labute approximate surface area is 218 Å². The molecule has 1 aliphatic rings. The van der Waals surface area contributed by atoms with Gasteiger partial charge < -0.3 is 14.3 Å². The molecule has 3 unspecified atom stereocenters. The molecule has 0 fully saturated rings. The lowest BCUT2D eigenvalue weighted by Gasteiger charge is -2.33. The summed E-state index contributed by atoms with van der Waals surface area (Å²) in [5.41, 5.74) is -2.25. The number of sulfonamides is 1. The summed E-state index contributed by atoms with van der Waals surface area (Å²) in [5.74, 6) is -3.35. The number of halogens is 3. The minimum atomic E-state index is -4.62. The van der Waals surface area contributed by atoms with Gasteiger partial charge in [-0.3, -0.25) is 0 Å². The molecular formula is C22H22BrClFN3O6S. The lowest BCUT2D eigenvalue weighted by Crippen LogP contribution is -2.35. The van der Waals surface area contributed by atoms with Crippen molar-refractivity contribution >= 4 is 37.6 Å². The van der Waals surface area contributed by atoms with Gasteiger partial charge in [-0.25, -0.2) is 22.7 Å². The van der Waals surface area contributed by atoms with Gasteiger partial charge in [-0.1, -0.05) is 34.5 Å². The van der Waals surface area contributed by atoms with E-state index in [2.05, 4.69) is 30.8 Å². The van der Waals surface area contributed by atoms with Gasteiger partial charge in [0, 0.05) is 26.5 Å². The monoisotopic (exact) mass is 592 g/mol. The maximum atomic E-state index is 15.0. The molecule has 0 saturated carbocycles. The zero-order chi connectivity index (χ0) is 28.2. The molecule has 0 aliphatic carbocycles. The summed E-state index contributed by atoms with van der Waals surface area (Å²) in [6.45, 7) is -0.108. The lowest BCUT2D eigenvalue weighted by molar-refractivity contribution is 0.0135. The molecule has 35 heavy (non-hydrogen) atoms. The van der Waals surface area contributed by atoms with Crippen molar-refractivity contribution in [3.05, 3.63) is 72.7 Å². The van der Waals surface area contributed by atoms with Crippen LogP contribution in [0.4, 0.5) is 4.39 Å². The first-order chi connectivity index (χ1) is 17.6. The van der Waals surface area contributed by atoms with Gasteiger partial charge in [0.15, 0.2) is 0 Å². The molecule has 1 aromatic heterocycles. The molecule has 3 N–H and O–H groups in total. The molecule has 0 spiro atoms.